The molecule has 3 rings (SSSR count). The van der Waals surface area contributed by atoms with Gasteiger partial charge in [0.15, 0.2) is 10.8 Å². The van der Waals surface area contributed by atoms with Crippen LogP contribution >= 0.6 is 11.3 Å². The molecule has 0 unspecified atom stereocenters. The van der Waals surface area contributed by atoms with Crippen LogP contribution in [0.25, 0.3) is 21.0 Å². The highest BCUT2D eigenvalue weighted by Crippen LogP contribution is 2.30. The summed E-state index contributed by atoms with van der Waals surface area (Å²) in [6, 6.07) is 11.3. The number of nitrogens with zero attached hydrogens (tertiary/aromatic N) is 1. The van der Waals surface area contributed by atoms with Gasteiger partial charge in [-0.25, -0.2) is 10.1 Å². The van der Waals surface area contributed by atoms with E-state index in [2.05, 4.69) is 9.71 Å². The van der Waals surface area contributed by atoms with Crippen LogP contribution in [0.3, 0.4) is 0 Å². The van der Waals surface area contributed by atoms with Gasteiger partial charge in [-0.3, -0.25) is 0 Å². The van der Waals surface area contributed by atoms with E-state index < -0.39 is 10.2 Å². The molecule has 0 saturated heterocycles. The predicted octanol–water partition coefficient (Wildman–Crippen LogP) is 1.85. The van der Waals surface area contributed by atoms with E-state index in [9.17, 15) is 8.42 Å². The number of rotatable bonds is 4. The Labute approximate surface area is 119 Å². The second-order valence-corrected chi connectivity index (χ2v) is 6.53. The summed E-state index contributed by atoms with van der Waals surface area (Å²) in [5.41, 5.74) is 0.910. The van der Waals surface area contributed by atoms with E-state index in [4.69, 9.17) is 9.56 Å². The van der Waals surface area contributed by atoms with Crippen molar-refractivity contribution < 1.29 is 12.8 Å². The first-order valence-corrected chi connectivity index (χ1v) is 8.09. The molecule has 8 heteroatoms. The quantitative estimate of drug-likeness (QED) is 0.768. The van der Waals surface area contributed by atoms with Crippen molar-refractivity contribution in [3.63, 3.8) is 0 Å². The largest absolute Gasteiger partial charge is 0.457 e. The van der Waals surface area contributed by atoms with Crippen molar-refractivity contribution in [2.75, 3.05) is 0 Å². The van der Waals surface area contributed by atoms with Crippen LogP contribution in [0.4, 0.5) is 0 Å². The number of para-hydroxylation sites is 1. The highest BCUT2D eigenvalue weighted by Gasteiger charge is 2.11. The summed E-state index contributed by atoms with van der Waals surface area (Å²) >= 11 is 1.52. The van der Waals surface area contributed by atoms with Crippen molar-refractivity contribution in [3.8, 4) is 10.8 Å². The summed E-state index contributed by atoms with van der Waals surface area (Å²) in [6.45, 7) is 0.0176. The minimum absolute atomic E-state index is 0.0176. The van der Waals surface area contributed by atoms with Gasteiger partial charge in [0.1, 0.15) is 5.76 Å². The second-order valence-electron chi connectivity index (χ2n) is 4.12. The zero-order valence-corrected chi connectivity index (χ0v) is 11.9. The van der Waals surface area contributed by atoms with Crippen LogP contribution in [0.5, 0.6) is 0 Å². The standard InChI is InChI=1S/C12H11N3O3S2/c13-20(16,17)14-7-8-5-6-10(18-8)12-15-9-3-1-2-4-11(9)19-12/h1-6,14H,7H2,(H2,13,16,17). The maximum absolute atomic E-state index is 10.8. The molecule has 0 amide bonds. The molecule has 0 aliphatic carbocycles. The van der Waals surface area contributed by atoms with Crippen LogP contribution in [0.1, 0.15) is 5.76 Å². The molecule has 0 saturated carbocycles. The summed E-state index contributed by atoms with van der Waals surface area (Å²) < 4.78 is 30.4. The highest BCUT2D eigenvalue weighted by molar-refractivity contribution is 7.87. The number of aromatic nitrogens is 1. The normalized spacial score (nSPS) is 12.1. The van der Waals surface area contributed by atoms with Crippen LogP contribution in [-0.2, 0) is 16.8 Å². The van der Waals surface area contributed by atoms with E-state index >= 15 is 0 Å². The lowest BCUT2D eigenvalue weighted by Gasteiger charge is -1.97. The minimum Gasteiger partial charge on any atom is -0.457 e. The second kappa shape index (κ2) is 4.98. The fraction of sp³-hybridized carbons (Fsp3) is 0.0833. The molecule has 2 heterocycles. The molecule has 0 spiro atoms. The molecule has 3 aromatic rings. The third kappa shape index (κ3) is 2.88. The van der Waals surface area contributed by atoms with Gasteiger partial charge in [0.05, 0.1) is 16.8 Å². The van der Waals surface area contributed by atoms with E-state index in [-0.39, 0.29) is 6.54 Å². The molecule has 3 N–H and O–H groups in total. The average molecular weight is 309 g/mol. The summed E-state index contributed by atoms with van der Waals surface area (Å²) in [4.78, 5) is 4.47. The first-order chi connectivity index (χ1) is 9.51. The Morgan fingerprint density at radius 2 is 2.05 bits per heavy atom. The number of hydrogen-bond donors (Lipinski definition) is 2. The van der Waals surface area contributed by atoms with Gasteiger partial charge in [-0.15, -0.1) is 11.3 Å². The van der Waals surface area contributed by atoms with E-state index in [1.807, 2.05) is 24.3 Å². The Morgan fingerprint density at radius 1 is 1.25 bits per heavy atom. The highest BCUT2D eigenvalue weighted by atomic mass is 32.2. The molecular weight excluding hydrogens is 298 g/mol. The fourth-order valence-corrected chi connectivity index (χ4v) is 3.01. The SMILES string of the molecule is NS(=O)(=O)NCc1ccc(-c2nc3ccccc3s2)o1. The van der Waals surface area contributed by atoms with E-state index in [0.717, 1.165) is 15.2 Å². The van der Waals surface area contributed by atoms with Gasteiger partial charge in [-0.1, -0.05) is 12.1 Å². The molecule has 6 nitrogen and oxygen atoms in total. The van der Waals surface area contributed by atoms with Crippen molar-refractivity contribution in [3.05, 3.63) is 42.2 Å². The lowest BCUT2D eigenvalue weighted by Crippen LogP contribution is -2.30. The van der Waals surface area contributed by atoms with Crippen LogP contribution in [-0.4, -0.2) is 13.4 Å². The summed E-state index contributed by atoms with van der Waals surface area (Å²) in [7, 11) is -3.72. The number of thiazole rings is 1. The predicted molar refractivity (Wildman–Crippen MR) is 77.3 cm³/mol. The maximum atomic E-state index is 10.8. The molecule has 0 fully saturated rings. The number of nitrogens with two attached hydrogens (primary N) is 1. The lowest BCUT2D eigenvalue weighted by molar-refractivity contribution is 0.509. The van der Waals surface area contributed by atoms with Gasteiger partial charge >= 0.3 is 0 Å². The number of fused-ring (bicyclic) bond motifs is 1. The first kappa shape index (κ1) is 13.3. The van der Waals surface area contributed by atoms with Crippen molar-refractivity contribution in [1.82, 2.24) is 9.71 Å². The number of furan rings is 1. The van der Waals surface area contributed by atoms with Gasteiger partial charge in [-0.2, -0.15) is 13.1 Å². The molecule has 0 radical (unpaired) electrons. The van der Waals surface area contributed by atoms with Crippen LogP contribution in [0.15, 0.2) is 40.8 Å². The fourth-order valence-electron chi connectivity index (χ4n) is 1.74. The molecule has 1 aromatic carbocycles. The third-order valence-corrected chi connectivity index (χ3v) is 4.21. The van der Waals surface area contributed by atoms with Gasteiger partial charge in [0.25, 0.3) is 10.2 Å². The zero-order chi connectivity index (χ0) is 14.2. The monoisotopic (exact) mass is 309 g/mol. The van der Waals surface area contributed by atoms with Gasteiger partial charge in [0, 0.05) is 0 Å². The van der Waals surface area contributed by atoms with Crippen molar-refractivity contribution in [2.45, 2.75) is 6.54 Å². The van der Waals surface area contributed by atoms with Crippen molar-refractivity contribution in [2.24, 2.45) is 5.14 Å². The van der Waals surface area contributed by atoms with Gasteiger partial charge in [-0.05, 0) is 24.3 Å². The molecule has 2 aromatic heterocycles. The van der Waals surface area contributed by atoms with E-state index in [0.29, 0.717) is 11.5 Å². The number of benzene rings is 1. The number of nitrogens with one attached hydrogen (secondary N) is 1. The Morgan fingerprint density at radius 3 is 2.80 bits per heavy atom. The zero-order valence-electron chi connectivity index (χ0n) is 10.2. The molecule has 0 bridgehead atoms. The number of hydrogen-bond acceptors (Lipinski definition) is 5. The van der Waals surface area contributed by atoms with Crippen LogP contribution in [0, 0.1) is 0 Å². The Kier molecular flexibility index (Phi) is 3.30. The lowest BCUT2D eigenvalue weighted by atomic mass is 10.3. The summed E-state index contributed by atoms with van der Waals surface area (Å²) in [5, 5.41) is 5.62. The van der Waals surface area contributed by atoms with Crippen LogP contribution in [0.2, 0.25) is 0 Å². The molecule has 20 heavy (non-hydrogen) atoms. The summed E-state index contributed by atoms with van der Waals surface area (Å²) in [5.74, 6) is 1.09. The smallest absolute Gasteiger partial charge is 0.274 e. The van der Waals surface area contributed by atoms with E-state index in [1.54, 1.807) is 12.1 Å². The summed E-state index contributed by atoms with van der Waals surface area (Å²) in [6.07, 6.45) is 0. The molecule has 0 aliphatic rings. The van der Waals surface area contributed by atoms with Crippen molar-refractivity contribution in [1.29, 1.82) is 0 Å². The van der Waals surface area contributed by atoms with Crippen LogP contribution < -0.4 is 9.86 Å². The first-order valence-electron chi connectivity index (χ1n) is 5.73. The molecular formula is C12H11N3O3S2. The molecule has 0 aliphatic heterocycles. The Hall–Kier alpha value is -1.74. The minimum atomic E-state index is -3.72. The van der Waals surface area contributed by atoms with Gasteiger partial charge < -0.3 is 4.42 Å². The molecule has 104 valence electrons. The Balaban J connectivity index is 1.86. The maximum Gasteiger partial charge on any atom is 0.274 e. The van der Waals surface area contributed by atoms with Gasteiger partial charge in [0.2, 0.25) is 0 Å². The van der Waals surface area contributed by atoms with Crippen molar-refractivity contribution >= 4 is 31.8 Å². The van der Waals surface area contributed by atoms with E-state index in [1.165, 1.54) is 11.3 Å². The molecule has 0 atom stereocenters. The third-order valence-electron chi connectivity index (χ3n) is 2.61. The topological polar surface area (TPSA) is 98.2 Å². The average Bonchev–Trinajstić information content (AvgIpc) is 3.01. The Bertz CT molecular complexity index is 819.